The molecule has 0 saturated heterocycles. The maximum Gasteiger partial charge on any atom is 0.164 e. The highest BCUT2D eigenvalue weighted by Crippen LogP contribution is 2.76. The summed E-state index contributed by atoms with van der Waals surface area (Å²) in [7, 11) is 0. The molecule has 7 aliphatic rings. The second-order valence-electron chi connectivity index (χ2n) is 17.7. The molecule has 1 heterocycles. The Hall–Kier alpha value is -5.67. The van der Waals surface area contributed by atoms with Crippen LogP contribution in [0.4, 0.5) is 0 Å². The van der Waals surface area contributed by atoms with Crippen molar-refractivity contribution < 1.29 is 0 Å². The van der Waals surface area contributed by atoms with Gasteiger partial charge in [-0.3, -0.25) is 0 Å². The number of aromatic nitrogens is 3. The predicted molar refractivity (Wildman–Crippen MR) is 226 cm³/mol. The van der Waals surface area contributed by atoms with Gasteiger partial charge in [-0.2, -0.15) is 0 Å². The van der Waals surface area contributed by atoms with Crippen molar-refractivity contribution in [2.24, 2.45) is 41.4 Å². The first-order chi connectivity index (χ1) is 27.7. The van der Waals surface area contributed by atoms with Crippen LogP contribution in [0.3, 0.4) is 0 Å². The van der Waals surface area contributed by atoms with Crippen LogP contribution in [0, 0.1) is 41.4 Å². The van der Waals surface area contributed by atoms with E-state index in [1.807, 2.05) is 36.4 Å². The zero-order valence-corrected chi connectivity index (χ0v) is 31.6. The van der Waals surface area contributed by atoms with Gasteiger partial charge in [-0.25, -0.2) is 15.0 Å². The zero-order chi connectivity index (χ0) is 36.8. The summed E-state index contributed by atoms with van der Waals surface area (Å²) >= 11 is 0. The number of benzene rings is 6. The molecule has 7 fully saturated rings. The van der Waals surface area contributed by atoms with E-state index >= 15 is 0 Å². The van der Waals surface area contributed by atoms with Gasteiger partial charge in [0.15, 0.2) is 17.5 Å². The summed E-state index contributed by atoms with van der Waals surface area (Å²) in [6, 6.07) is 57.0. The highest BCUT2D eigenvalue weighted by atomic mass is 15.0. The molecule has 7 aromatic rings. The molecule has 1 aromatic heterocycles. The number of hydrogen-bond donors (Lipinski definition) is 0. The summed E-state index contributed by atoms with van der Waals surface area (Å²) in [5.74, 6) is 8.74. The summed E-state index contributed by atoms with van der Waals surface area (Å²) in [6.07, 6.45) is 8.95. The first kappa shape index (κ1) is 32.6. The summed E-state index contributed by atoms with van der Waals surface area (Å²) in [5, 5.41) is 0. The topological polar surface area (TPSA) is 38.7 Å². The maximum absolute atomic E-state index is 5.19. The van der Waals surface area contributed by atoms with Crippen LogP contribution in [0.5, 0.6) is 0 Å². The quantitative estimate of drug-likeness (QED) is 0.164. The van der Waals surface area contributed by atoms with Crippen molar-refractivity contribution in [3.05, 3.63) is 163 Å². The van der Waals surface area contributed by atoms with E-state index in [0.717, 1.165) is 63.7 Å². The Morgan fingerprint density at radius 3 is 1.41 bits per heavy atom. The first-order valence-electron chi connectivity index (χ1n) is 21.0. The monoisotopic (exact) mass is 723 g/mol. The molecule has 4 unspecified atom stereocenters. The first-order valence-corrected chi connectivity index (χ1v) is 21.0. The van der Waals surface area contributed by atoms with E-state index in [9.17, 15) is 0 Å². The minimum atomic E-state index is 0.399. The lowest BCUT2D eigenvalue weighted by Gasteiger charge is -2.74. The Balaban J connectivity index is 1.01. The molecule has 0 radical (unpaired) electrons. The largest absolute Gasteiger partial charge is 0.208 e. The summed E-state index contributed by atoms with van der Waals surface area (Å²) in [6.45, 7) is 0. The Labute approximate surface area is 330 Å². The van der Waals surface area contributed by atoms with Gasteiger partial charge in [0.25, 0.3) is 0 Å². The average Bonchev–Trinajstić information content (AvgIpc) is 3.28. The Morgan fingerprint density at radius 2 is 0.821 bits per heavy atom. The summed E-state index contributed by atoms with van der Waals surface area (Å²) < 4.78 is 0. The number of rotatable bonds is 7. The van der Waals surface area contributed by atoms with Crippen molar-refractivity contribution in [2.75, 3.05) is 0 Å². The Kier molecular flexibility index (Phi) is 7.37. The second-order valence-corrected chi connectivity index (χ2v) is 17.7. The third-order valence-electron chi connectivity index (χ3n) is 15.0. The minimum Gasteiger partial charge on any atom is -0.208 e. The lowest BCUT2D eigenvalue weighted by molar-refractivity contribution is -0.220. The molecule has 0 spiro atoms. The van der Waals surface area contributed by atoms with Gasteiger partial charge in [0.05, 0.1) is 0 Å². The third-order valence-corrected chi connectivity index (χ3v) is 15.0. The average molecular weight is 724 g/mol. The summed E-state index contributed by atoms with van der Waals surface area (Å²) in [5.41, 5.74) is 12.2. The van der Waals surface area contributed by atoms with E-state index in [0.29, 0.717) is 22.9 Å². The highest BCUT2D eigenvalue weighted by molar-refractivity contribution is 5.88. The Bertz CT molecular complexity index is 2500. The third kappa shape index (κ3) is 5.06. The van der Waals surface area contributed by atoms with Crippen molar-refractivity contribution in [3.8, 4) is 67.5 Å². The van der Waals surface area contributed by atoms with Gasteiger partial charge in [0.1, 0.15) is 0 Å². The lowest BCUT2D eigenvalue weighted by Crippen LogP contribution is -2.69. The van der Waals surface area contributed by atoms with Gasteiger partial charge >= 0.3 is 0 Å². The van der Waals surface area contributed by atoms with Crippen molar-refractivity contribution >= 4 is 0 Å². The van der Waals surface area contributed by atoms with Crippen LogP contribution >= 0.6 is 0 Å². The fraction of sp³-hybridized carbons (Fsp3) is 0.264. The second kappa shape index (κ2) is 12.7. The Morgan fingerprint density at radius 1 is 0.357 bits per heavy atom. The van der Waals surface area contributed by atoms with Gasteiger partial charge in [-0.1, -0.05) is 140 Å². The minimum absolute atomic E-state index is 0.399. The van der Waals surface area contributed by atoms with E-state index in [1.54, 1.807) is 5.56 Å². The molecule has 0 N–H and O–H groups in total. The molecule has 7 aliphatic carbocycles. The fourth-order valence-corrected chi connectivity index (χ4v) is 13.1. The molecule has 3 heteroatoms. The molecule has 14 rings (SSSR count). The van der Waals surface area contributed by atoms with Gasteiger partial charge in [-0.15, -0.1) is 0 Å². The molecule has 8 bridgehead atoms. The predicted octanol–water partition coefficient (Wildman–Crippen LogP) is 12.8. The SMILES string of the molecule is c1ccc(-c2nc(-c3ccccc3)nc(-c3cc(-c4ccc(C56CC7CC8C9CC(CC85)CC6C9C7)cc4)cc(-c4ccccc4-c4ccccc4)c3)n2)cc1. The smallest absolute Gasteiger partial charge is 0.164 e. The van der Waals surface area contributed by atoms with E-state index in [2.05, 4.69) is 121 Å². The van der Waals surface area contributed by atoms with Crippen LogP contribution in [0.15, 0.2) is 158 Å². The normalized spacial score (nSPS) is 27.8. The van der Waals surface area contributed by atoms with Gasteiger partial charge in [0.2, 0.25) is 0 Å². The molecule has 56 heavy (non-hydrogen) atoms. The fourth-order valence-electron chi connectivity index (χ4n) is 13.1. The van der Waals surface area contributed by atoms with Crippen LogP contribution in [0.25, 0.3) is 67.5 Å². The molecule has 0 amide bonds. The molecule has 272 valence electrons. The summed E-state index contributed by atoms with van der Waals surface area (Å²) in [4.78, 5) is 15.4. The van der Waals surface area contributed by atoms with E-state index in [4.69, 9.17) is 15.0 Å². The van der Waals surface area contributed by atoms with E-state index in [-0.39, 0.29) is 0 Å². The van der Waals surface area contributed by atoms with Crippen LogP contribution in [-0.2, 0) is 5.41 Å². The van der Waals surface area contributed by atoms with Crippen molar-refractivity contribution in [2.45, 2.75) is 43.9 Å². The molecule has 7 saturated carbocycles. The zero-order valence-electron chi connectivity index (χ0n) is 31.6. The van der Waals surface area contributed by atoms with Gasteiger partial charge in [-0.05, 0) is 137 Å². The van der Waals surface area contributed by atoms with Gasteiger partial charge in [0, 0.05) is 22.1 Å². The van der Waals surface area contributed by atoms with E-state index < -0.39 is 0 Å². The lowest BCUT2D eigenvalue weighted by atomic mass is 9.30. The van der Waals surface area contributed by atoms with E-state index in [1.165, 1.54) is 66.3 Å². The molecule has 3 nitrogen and oxygen atoms in total. The molecule has 0 aliphatic heterocycles. The molecular weight excluding hydrogens is 679 g/mol. The molecule has 4 atom stereocenters. The standard InChI is InChI=1S/C53H45N3/c1-4-12-36(13-5-1)43-18-10-11-19-44(43)40-29-39(30-41(31-40)52-55-50(37-14-6-2-7-15-37)54-51(56-52)38-16-8-3-9-17-38)35-20-22-42(23-21-35)53-32-34-25-46-45-24-33(27-48(46)53)28-49(53)47(45)26-34/h1-23,29-31,33-34,45-49H,24-28,32H2. The van der Waals surface area contributed by atoms with Crippen LogP contribution in [-0.4, -0.2) is 15.0 Å². The molecular formula is C53H45N3. The van der Waals surface area contributed by atoms with Crippen LogP contribution in [0.2, 0.25) is 0 Å². The van der Waals surface area contributed by atoms with Crippen molar-refractivity contribution in [3.63, 3.8) is 0 Å². The van der Waals surface area contributed by atoms with Crippen molar-refractivity contribution in [1.29, 1.82) is 0 Å². The van der Waals surface area contributed by atoms with Gasteiger partial charge < -0.3 is 0 Å². The highest BCUT2D eigenvalue weighted by Gasteiger charge is 2.70. The maximum atomic E-state index is 5.19. The number of nitrogens with zero attached hydrogens (tertiary/aromatic N) is 3. The number of hydrogen-bond acceptors (Lipinski definition) is 3. The van der Waals surface area contributed by atoms with Crippen LogP contribution < -0.4 is 0 Å². The molecule has 6 aromatic carbocycles. The van der Waals surface area contributed by atoms with Crippen LogP contribution in [0.1, 0.15) is 44.1 Å². The van der Waals surface area contributed by atoms with Crippen molar-refractivity contribution in [1.82, 2.24) is 15.0 Å².